The van der Waals surface area contributed by atoms with Gasteiger partial charge in [-0.1, -0.05) is 42.1 Å². The van der Waals surface area contributed by atoms with Crippen LogP contribution in [0.15, 0.2) is 22.7 Å². The molecule has 1 nitrogen and oxygen atoms in total. The Morgan fingerprint density at radius 2 is 1.84 bits per heavy atom. The lowest BCUT2D eigenvalue weighted by Gasteiger charge is -2.15. The summed E-state index contributed by atoms with van der Waals surface area (Å²) in [5.41, 5.74) is 5.81. The van der Waals surface area contributed by atoms with Gasteiger partial charge in [0, 0.05) is 10.5 Å². The standard InChI is InChI=1S/C13H17BrF3N.ClH/c1-2-3-4-5-12(18)9-6-10(13(15,16)17)8-11(14)7-9;/h6-8,12H,2-5,18H2,1H3;1H/t12-;/m0./s1. The van der Waals surface area contributed by atoms with Crippen LogP contribution in [0.3, 0.4) is 0 Å². The van der Waals surface area contributed by atoms with E-state index in [0.717, 1.165) is 31.4 Å². The third kappa shape index (κ3) is 6.15. The summed E-state index contributed by atoms with van der Waals surface area (Å²) in [6.45, 7) is 2.08. The second-order valence-electron chi connectivity index (χ2n) is 4.37. The largest absolute Gasteiger partial charge is 0.416 e. The second-order valence-corrected chi connectivity index (χ2v) is 5.29. The van der Waals surface area contributed by atoms with Crippen molar-refractivity contribution in [2.24, 2.45) is 5.73 Å². The molecule has 0 spiro atoms. The van der Waals surface area contributed by atoms with Crippen LogP contribution in [0.25, 0.3) is 0 Å². The topological polar surface area (TPSA) is 26.0 Å². The molecule has 1 atom stereocenters. The monoisotopic (exact) mass is 359 g/mol. The predicted octanol–water partition coefficient (Wildman–Crippen LogP) is 5.47. The molecule has 0 saturated heterocycles. The van der Waals surface area contributed by atoms with Gasteiger partial charge in [0.25, 0.3) is 0 Å². The van der Waals surface area contributed by atoms with E-state index < -0.39 is 11.7 Å². The van der Waals surface area contributed by atoms with E-state index in [-0.39, 0.29) is 18.4 Å². The fourth-order valence-electron chi connectivity index (χ4n) is 1.77. The fourth-order valence-corrected chi connectivity index (χ4v) is 2.28. The van der Waals surface area contributed by atoms with Crippen molar-refractivity contribution in [3.05, 3.63) is 33.8 Å². The third-order valence-corrected chi connectivity index (χ3v) is 3.25. The highest BCUT2D eigenvalue weighted by atomic mass is 79.9. The van der Waals surface area contributed by atoms with Gasteiger partial charge in [0.1, 0.15) is 0 Å². The SMILES string of the molecule is CCCCC[C@H](N)c1cc(Br)cc(C(F)(F)F)c1.Cl. The van der Waals surface area contributed by atoms with E-state index in [9.17, 15) is 13.2 Å². The van der Waals surface area contributed by atoms with Crippen LogP contribution >= 0.6 is 28.3 Å². The Morgan fingerprint density at radius 3 is 2.37 bits per heavy atom. The van der Waals surface area contributed by atoms with Crippen molar-refractivity contribution in [3.63, 3.8) is 0 Å². The number of halogens is 5. The highest BCUT2D eigenvalue weighted by Crippen LogP contribution is 2.33. The van der Waals surface area contributed by atoms with Crippen molar-refractivity contribution in [3.8, 4) is 0 Å². The Morgan fingerprint density at radius 1 is 1.21 bits per heavy atom. The number of hydrogen-bond acceptors (Lipinski definition) is 1. The molecule has 1 aromatic rings. The minimum absolute atomic E-state index is 0. The molecule has 0 aromatic heterocycles. The first-order valence-corrected chi connectivity index (χ1v) is 6.77. The Balaban J connectivity index is 0.00000324. The summed E-state index contributed by atoms with van der Waals surface area (Å²) >= 11 is 3.10. The van der Waals surface area contributed by atoms with Gasteiger partial charge < -0.3 is 5.73 Å². The molecule has 110 valence electrons. The number of rotatable bonds is 5. The number of unbranched alkanes of at least 4 members (excludes halogenated alkanes) is 2. The van der Waals surface area contributed by atoms with Crippen LogP contribution in [0, 0.1) is 0 Å². The van der Waals surface area contributed by atoms with Gasteiger partial charge in [-0.15, -0.1) is 12.4 Å². The molecule has 0 saturated carbocycles. The van der Waals surface area contributed by atoms with Crippen LogP contribution in [0.4, 0.5) is 13.2 Å². The zero-order valence-corrected chi connectivity index (χ0v) is 13.0. The molecule has 0 bridgehead atoms. The predicted molar refractivity (Wildman–Crippen MR) is 77.5 cm³/mol. The summed E-state index contributed by atoms with van der Waals surface area (Å²) in [4.78, 5) is 0. The maximum absolute atomic E-state index is 12.7. The van der Waals surface area contributed by atoms with Gasteiger partial charge in [-0.05, 0) is 30.2 Å². The Labute approximate surface area is 126 Å². The van der Waals surface area contributed by atoms with Gasteiger partial charge in [-0.2, -0.15) is 13.2 Å². The van der Waals surface area contributed by atoms with Gasteiger partial charge in [0.15, 0.2) is 0 Å². The molecule has 0 aliphatic carbocycles. The lowest BCUT2D eigenvalue weighted by Crippen LogP contribution is -2.13. The molecule has 1 rings (SSSR count). The molecule has 0 aliphatic rings. The molecule has 0 aliphatic heterocycles. The average Bonchev–Trinajstić information content (AvgIpc) is 2.27. The van der Waals surface area contributed by atoms with E-state index in [1.807, 2.05) is 0 Å². The van der Waals surface area contributed by atoms with Crippen LogP contribution in [-0.4, -0.2) is 0 Å². The van der Waals surface area contributed by atoms with E-state index in [1.54, 1.807) is 6.07 Å². The molecule has 1 aromatic carbocycles. The fraction of sp³-hybridized carbons (Fsp3) is 0.538. The Hall–Kier alpha value is -0.260. The summed E-state index contributed by atoms with van der Waals surface area (Å²) in [5.74, 6) is 0. The first-order valence-electron chi connectivity index (χ1n) is 5.98. The third-order valence-electron chi connectivity index (χ3n) is 2.79. The minimum atomic E-state index is -4.33. The smallest absolute Gasteiger partial charge is 0.324 e. The van der Waals surface area contributed by atoms with E-state index in [0.29, 0.717) is 16.5 Å². The molecule has 0 radical (unpaired) electrons. The van der Waals surface area contributed by atoms with Crippen LogP contribution < -0.4 is 5.73 Å². The van der Waals surface area contributed by atoms with Crippen LogP contribution in [0.5, 0.6) is 0 Å². The summed E-state index contributed by atoms with van der Waals surface area (Å²) in [6, 6.07) is 3.53. The molecule has 2 N–H and O–H groups in total. The zero-order chi connectivity index (χ0) is 13.8. The lowest BCUT2D eigenvalue weighted by atomic mass is 9.99. The number of hydrogen-bond donors (Lipinski definition) is 1. The van der Waals surface area contributed by atoms with Gasteiger partial charge in [0.05, 0.1) is 5.56 Å². The zero-order valence-electron chi connectivity index (χ0n) is 10.6. The highest BCUT2D eigenvalue weighted by Gasteiger charge is 2.31. The van der Waals surface area contributed by atoms with Gasteiger partial charge in [0.2, 0.25) is 0 Å². The molecule has 0 amide bonds. The van der Waals surface area contributed by atoms with Gasteiger partial charge >= 0.3 is 6.18 Å². The lowest BCUT2D eigenvalue weighted by molar-refractivity contribution is -0.137. The van der Waals surface area contributed by atoms with Crippen LogP contribution in [0.1, 0.15) is 49.8 Å². The van der Waals surface area contributed by atoms with E-state index in [2.05, 4.69) is 22.9 Å². The van der Waals surface area contributed by atoms with Gasteiger partial charge in [-0.3, -0.25) is 0 Å². The molecule has 19 heavy (non-hydrogen) atoms. The number of alkyl halides is 3. The highest BCUT2D eigenvalue weighted by molar-refractivity contribution is 9.10. The van der Waals surface area contributed by atoms with Crippen molar-refractivity contribution < 1.29 is 13.2 Å². The second kappa shape index (κ2) is 8.12. The van der Waals surface area contributed by atoms with E-state index in [1.165, 1.54) is 0 Å². The molecule has 6 heteroatoms. The first kappa shape index (κ1) is 18.7. The molecular formula is C13H18BrClF3N. The van der Waals surface area contributed by atoms with E-state index in [4.69, 9.17) is 5.73 Å². The van der Waals surface area contributed by atoms with E-state index >= 15 is 0 Å². The van der Waals surface area contributed by atoms with Crippen molar-refractivity contribution in [2.75, 3.05) is 0 Å². The molecule has 0 heterocycles. The summed E-state index contributed by atoms with van der Waals surface area (Å²) in [7, 11) is 0. The van der Waals surface area contributed by atoms with Crippen molar-refractivity contribution in [1.29, 1.82) is 0 Å². The molecule has 0 fully saturated rings. The van der Waals surface area contributed by atoms with Crippen molar-refractivity contribution >= 4 is 28.3 Å². The van der Waals surface area contributed by atoms with Crippen molar-refractivity contribution in [2.45, 2.75) is 44.8 Å². The minimum Gasteiger partial charge on any atom is -0.324 e. The quantitative estimate of drug-likeness (QED) is 0.692. The van der Waals surface area contributed by atoms with Crippen LogP contribution in [0.2, 0.25) is 0 Å². The summed E-state index contributed by atoms with van der Waals surface area (Å²) in [5, 5.41) is 0. The Bertz CT molecular complexity index is 396. The Kier molecular flexibility index (Phi) is 8.01. The number of benzene rings is 1. The first-order chi connectivity index (χ1) is 8.34. The maximum Gasteiger partial charge on any atom is 0.416 e. The van der Waals surface area contributed by atoms with Crippen LogP contribution in [-0.2, 0) is 6.18 Å². The number of nitrogens with two attached hydrogens (primary N) is 1. The molecule has 0 unspecified atom stereocenters. The van der Waals surface area contributed by atoms with Crippen molar-refractivity contribution in [1.82, 2.24) is 0 Å². The summed E-state index contributed by atoms with van der Waals surface area (Å²) in [6.07, 6.45) is -0.568. The average molecular weight is 361 g/mol. The van der Waals surface area contributed by atoms with Gasteiger partial charge in [-0.25, -0.2) is 0 Å². The maximum atomic E-state index is 12.7. The molecular weight excluding hydrogens is 343 g/mol. The normalized spacial score (nSPS) is 12.9. The summed E-state index contributed by atoms with van der Waals surface area (Å²) < 4.78 is 38.4.